The van der Waals surface area contributed by atoms with Crippen LogP contribution in [0.3, 0.4) is 0 Å². The van der Waals surface area contributed by atoms with Crippen LogP contribution in [0.25, 0.3) is 10.9 Å². The fourth-order valence-electron chi connectivity index (χ4n) is 2.31. The molecule has 0 aliphatic heterocycles. The van der Waals surface area contributed by atoms with Gasteiger partial charge in [-0.05, 0) is 25.1 Å². The fourth-order valence-corrected chi connectivity index (χ4v) is 4.56. The summed E-state index contributed by atoms with van der Waals surface area (Å²) in [6.45, 7) is 5.37. The second-order valence-corrected chi connectivity index (χ2v) is 8.14. The highest BCUT2D eigenvalue weighted by Gasteiger charge is 2.26. The maximum Gasteiger partial charge on any atom is 0.145 e. The van der Waals surface area contributed by atoms with Crippen LogP contribution < -0.4 is 11.0 Å². The van der Waals surface area contributed by atoms with Crippen LogP contribution in [0.15, 0.2) is 18.2 Å². The second-order valence-electron chi connectivity index (χ2n) is 4.65. The number of halogens is 1. The Hall–Kier alpha value is -1.41. The van der Waals surface area contributed by atoms with Gasteiger partial charge in [0.15, 0.2) is 0 Å². The van der Waals surface area contributed by atoms with E-state index < -0.39 is 13.0 Å². The molecule has 0 saturated carbocycles. The van der Waals surface area contributed by atoms with Gasteiger partial charge in [0, 0.05) is 28.7 Å². The van der Waals surface area contributed by atoms with Gasteiger partial charge in [0.2, 0.25) is 0 Å². The van der Waals surface area contributed by atoms with E-state index in [0.717, 1.165) is 0 Å². The Morgan fingerprint density at radius 1 is 1.32 bits per heavy atom. The SMILES string of the molecule is CCP(=O)(CC)c1c(N)ccc2nc(C)c(F)cc12. The molecule has 2 aromatic rings. The van der Waals surface area contributed by atoms with Crippen LogP contribution in [-0.4, -0.2) is 17.3 Å². The minimum absolute atomic E-state index is 0.339. The van der Waals surface area contributed by atoms with E-state index in [0.29, 0.717) is 39.9 Å². The van der Waals surface area contributed by atoms with Crippen molar-refractivity contribution in [3.05, 3.63) is 29.7 Å². The Morgan fingerprint density at radius 3 is 2.53 bits per heavy atom. The molecule has 3 nitrogen and oxygen atoms in total. The average molecular weight is 280 g/mol. The number of anilines is 1. The number of pyridine rings is 1. The molecular formula is C14H18FN2OP. The molecule has 1 aromatic heterocycles. The van der Waals surface area contributed by atoms with Crippen molar-refractivity contribution < 1.29 is 8.96 Å². The van der Waals surface area contributed by atoms with Crippen molar-refractivity contribution in [1.82, 2.24) is 4.98 Å². The third-order valence-corrected chi connectivity index (χ3v) is 6.92. The maximum absolute atomic E-state index is 13.8. The highest BCUT2D eigenvalue weighted by Crippen LogP contribution is 2.47. The van der Waals surface area contributed by atoms with Crippen LogP contribution >= 0.6 is 7.14 Å². The standard InChI is InChI=1S/C14H18FN2OP/c1-4-19(18,5-2)14-10-8-11(15)9(3)17-13(10)7-6-12(14)16/h6-8H,4-5,16H2,1-3H3. The van der Waals surface area contributed by atoms with Gasteiger partial charge in [-0.2, -0.15) is 0 Å². The lowest BCUT2D eigenvalue weighted by Crippen LogP contribution is -2.16. The van der Waals surface area contributed by atoms with Gasteiger partial charge in [-0.3, -0.25) is 4.98 Å². The molecule has 0 bridgehead atoms. The van der Waals surface area contributed by atoms with Gasteiger partial charge in [0.25, 0.3) is 0 Å². The first-order valence-electron chi connectivity index (χ1n) is 6.37. The van der Waals surface area contributed by atoms with Crippen molar-refractivity contribution in [3.8, 4) is 0 Å². The van der Waals surface area contributed by atoms with Crippen LogP contribution in [0.4, 0.5) is 10.1 Å². The zero-order chi connectivity index (χ0) is 14.2. The number of nitrogen functional groups attached to an aromatic ring is 1. The molecule has 5 heteroatoms. The summed E-state index contributed by atoms with van der Waals surface area (Å²) < 4.78 is 26.7. The first-order valence-corrected chi connectivity index (χ1v) is 8.44. The van der Waals surface area contributed by atoms with E-state index >= 15 is 0 Å². The third kappa shape index (κ3) is 2.25. The van der Waals surface area contributed by atoms with Crippen molar-refractivity contribution in [2.75, 3.05) is 18.1 Å². The van der Waals surface area contributed by atoms with Gasteiger partial charge < -0.3 is 10.3 Å². The molecule has 0 radical (unpaired) electrons. The van der Waals surface area contributed by atoms with E-state index in [1.54, 1.807) is 19.1 Å². The summed E-state index contributed by atoms with van der Waals surface area (Å²) in [6, 6.07) is 4.86. The van der Waals surface area contributed by atoms with E-state index in [-0.39, 0.29) is 0 Å². The lowest BCUT2D eigenvalue weighted by Gasteiger charge is -2.19. The van der Waals surface area contributed by atoms with Crippen LogP contribution in [0.2, 0.25) is 0 Å². The molecule has 1 heterocycles. The van der Waals surface area contributed by atoms with Crippen LogP contribution in [-0.2, 0) is 4.57 Å². The van der Waals surface area contributed by atoms with E-state index in [2.05, 4.69) is 4.98 Å². The van der Waals surface area contributed by atoms with Gasteiger partial charge >= 0.3 is 0 Å². The lowest BCUT2D eigenvalue weighted by molar-refractivity contribution is 0.582. The Bertz CT molecular complexity index is 677. The molecule has 0 atom stereocenters. The quantitative estimate of drug-likeness (QED) is 0.693. The molecule has 0 aliphatic carbocycles. The molecule has 0 spiro atoms. The number of benzene rings is 1. The molecule has 0 fully saturated rings. The minimum atomic E-state index is -2.58. The second kappa shape index (κ2) is 4.93. The molecule has 1 aromatic carbocycles. The predicted octanol–water partition coefficient (Wildman–Crippen LogP) is 3.29. The van der Waals surface area contributed by atoms with Crippen LogP contribution in [0, 0.1) is 12.7 Å². The Balaban J connectivity index is 2.90. The van der Waals surface area contributed by atoms with Gasteiger partial charge in [0.05, 0.1) is 11.2 Å². The number of nitrogens with zero attached hydrogens (tertiary/aromatic N) is 1. The number of hydrogen-bond acceptors (Lipinski definition) is 3. The summed E-state index contributed by atoms with van der Waals surface area (Å²) in [5.74, 6) is -0.391. The zero-order valence-corrected chi connectivity index (χ0v) is 12.3. The van der Waals surface area contributed by atoms with Crippen molar-refractivity contribution >= 4 is 29.0 Å². The summed E-state index contributed by atoms with van der Waals surface area (Å²) in [7, 11) is -2.58. The number of rotatable bonds is 3. The molecule has 2 N–H and O–H groups in total. The fraction of sp³-hybridized carbons (Fsp3) is 0.357. The minimum Gasteiger partial charge on any atom is -0.398 e. The Morgan fingerprint density at radius 2 is 1.95 bits per heavy atom. The van der Waals surface area contributed by atoms with E-state index in [9.17, 15) is 8.96 Å². The van der Waals surface area contributed by atoms with E-state index in [1.165, 1.54) is 6.07 Å². The average Bonchev–Trinajstić information content (AvgIpc) is 2.40. The molecule has 0 aliphatic rings. The van der Waals surface area contributed by atoms with Crippen LogP contribution in [0.5, 0.6) is 0 Å². The summed E-state index contributed by atoms with van der Waals surface area (Å²) in [5.41, 5.74) is 7.43. The van der Waals surface area contributed by atoms with E-state index in [1.807, 2.05) is 13.8 Å². The topological polar surface area (TPSA) is 56.0 Å². The Kier molecular flexibility index (Phi) is 3.64. The summed E-state index contributed by atoms with van der Waals surface area (Å²) in [4.78, 5) is 4.21. The summed E-state index contributed by atoms with van der Waals surface area (Å²) in [5, 5.41) is 1.16. The van der Waals surface area contributed by atoms with Gasteiger partial charge in [-0.25, -0.2) is 4.39 Å². The number of fused-ring (bicyclic) bond motifs is 1. The van der Waals surface area contributed by atoms with Crippen molar-refractivity contribution in [3.63, 3.8) is 0 Å². The molecule has 19 heavy (non-hydrogen) atoms. The lowest BCUT2D eigenvalue weighted by atomic mass is 10.2. The van der Waals surface area contributed by atoms with Crippen LogP contribution in [0.1, 0.15) is 19.5 Å². The summed E-state index contributed by atoms with van der Waals surface area (Å²) >= 11 is 0. The molecular weight excluding hydrogens is 262 g/mol. The highest BCUT2D eigenvalue weighted by atomic mass is 31.2. The normalized spacial score (nSPS) is 12.0. The monoisotopic (exact) mass is 280 g/mol. The predicted molar refractivity (Wildman–Crippen MR) is 79.2 cm³/mol. The van der Waals surface area contributed by atoms with Gasteiger partial charge in [-0.1, -0.05) is 13.8 Å². The molecule has 0 amide bonds. The number of hydrogen-bond donors (Lipinski definition) is 1. The number of aryl methyl sites for hydroxylation is 1. The zero-order valence-electron chi connectivity index (χ0n) is 11.4. The van der Waals surface area contributed by atoms with Gasteiger partial charge in [0.1, 0.15) is 13.0 Å². The van der Waals surface area contributed by atoms with Crippen molar-refractivity contribution in [1.29, 1.82) is 0 Å². The van der Waals surface area contributed by atoms with Crippen molar-refractivity contribution in [2.24, 2.45) is 0 Å². The molecule has 0 saturated heterocycles. The third-order valence-electron chi connectivity index (χ3n) is 3.56. The van der Waals surface area contributed by atoms with Crippen molar-refractivity contribution in [2.45, 2.75) is 20.8 Å². The smallest absolute Gasteiger partial charge is 0.145 e. The summed E-state index contributed by atoms with van der Waals surface area (Å²) in [6.07, 6.45) is 1.03. The maximum atomic E-state index is 13.8. The molecule has 0 unspecified atom stereocenters. The number of nitrogens with two attached hydrogens (primary N) is 1. The number of aromatic nitrogens is 1. The highest BCUT2D eigenvalue weighted by molar-refractivity contribution is 7.72. The first-order chi connectivity index (χ1) is 8.92. The largest absolute Gasteiger partial charge is 0.398 e. The first kappa shape index (κ1) is 14.0. The molecule has 102 valence electrons. The Labute approximate surface area is 112 Å². The van der Waals surface area contributed by atoms with Gasteiger partial charge in [-0.15, -0.1) is 0 Å². The molecule has 2 rings (SSSR count). The van der Waals surface area contributed by atoms with E-state index in [4.69, 9.17) is 5.73 Å².